The van der Waals surface area contributed by atoms with Crippen LogP contribution in [0.25, 0.3) is 11.1 Å². The molecule has 0 amide bonds. The fourth-order valence-electron chi connectivity index (χ4n) is 1.65. The van der Waals surface area contributed by atoms with Crippen molar-refractivity contribution in [3.63, 3.8) is 0 Å². The van der Waals surface area contributed by atoms with Crippen molar-refractivity contribution in [1.29, 1.82) is 0 Å². The van der Waals surface area contributed by atoms with Gasteiger partial charge in [0.2, 0.25) is 0 Å². The molecule has 0 radical (unpaired) electrons. The largest absolute Gasteiger partial charge is 0.294 e. The predicted molar refractivity (Wildman–Crippen MR) is 92.3 cm³/mol. The zero-order chi connectivity index (χ0) is 16.6. The molecule has 0 bridgehead atoms. The first-order valence-electron chi connectivity index (χ1n) is 6.78. The Morgan fingerprint density at radius 3 is 2.27 bits per heavy atom. The average molecular weight is 361 g/mol. The molecule has 0 atom stereocenters. The molecule has 0 saturated heterocycles. The predicted octanol–water partition coefficient (Wildman–Crippen LogP) is 5.28. The van der Waals surface area contributed by atoms with E-state index in [0.29, 0.717) is 10.6 Å². The van der Waals surface area contributed by atoms with Crippen molar-refractivity contribution in [2.75, 3.05) is 5.88 Å². The molecule has 0 aliphatic carbocycles. The summed E-state index contributed by atoms with van der Waals surface area (Å²) in [6.45, 7) is 2.13. The molecule has 0 spiro atoms. The first kappa shape index (κ1) is 19.0. The highest BCUT2D eigenvalue weighted by atomic mass is 35.5. The lowest BCUT2D eigenvalue weighted by Crippen LogP contribution is -1.97. The maximum Gasteiger partial charge on any atom is 0.294 e. The van der Waals surface area contributed by atoms with E-state index in [2.05, 4.69) is 6.92 Å². The number of hydrogen-bond donors (Lipinski definition) is 1. The van der Waals surface area contributed by atoms with Crippen LogP contribution in [-0.4, -0.2) is 18.9 Å². The van der Waals surface area contributed by atoms with Crippen LogP contribution in [0, 0.1) is 0 Å². The molecule has 2 aromatic rings. The number of alkyl halides is 1. The lowest BCUT2D eigenvalue weighted by Gasteiger charge is -2.05. The summed E-state index contributed by atoms with van der Waals surface area (Å²) < 4.78 is 31.0. The molecule has 0 heterocycles. The third kappa shape index (κ3) is 5.97. The second-order valence-corrected chi connectivity index (χ2v) is 6.73. The molecular formula is C16H18Cl2O3S. The van der Waals surface area contributed by atoms with Crippen LogP contribution in [0.4, 0.5) is 0 Å². The number of benzene rings is 2. The Labute approximate surface area is 141 Å². The highest BCUT2D eigenvalue weighted by Gasteiger charge is 2.11. The summed E-state index contributed by atoms with van der Waals surface area (Å²) in [5.74, 6) is 0.816. The van der Waals surface area contributed by atoms with Gasteiger partial charge in [0.1, 0.15) is 0 Å². The Kier molecular flexibility index (Phi) is 7.90. The van der Waals surface area contributed by atoms with E-state index in [1.54, 1.807) is 36.4 Å². The fraction of sp³-hybridized carbons (Fsp3) is 0.250. The maximum atomic E-state index is 11.0. The Morgan fingerprint density at radius 1 is 1.09 bits per heavy atom. The van der Waals surface area contributed by atoms with E-state index >= 15 is 0 Å². The van der Waals surface area contributed by atoms with Gasteiger partial charge in [-0.15, -0.1) is 11.6 Å². The lowest BCUT2D eigenvalue weighted by atomic mass is 10.1. The number of rotatable bonds is 4. The highest BCUT2D eigenvalue weighted by molar-refractivity contribution is 7.85. The van der Waals surface area contributed by atoms with Crippen LogP contribution in [0.5, 0.6) is 0 Å². The van der Waals surface area contributed by atoms with E-state index in [0.717, 1.165) is 17.9 Å². The minimum Gasteiger partial charge on any atom is -0.282 e. The van der Waals surface area contributed by atoms with Crippen LogP contribution in [0.15, 0.2) is 53.4 Å². The van der Waals surface area contributed by atoms with Crippen LogP contribution < -0.4 is 0 Å². The van der Waals surface area contributed by atoms with E-state index in [9.17, 15) is 8.42 Å². The molecule has 0 aliphatic heterocycles. The van der Waals surface area contributed by atoms with Crippen molar-refractivity contribution in [2.45, 2.75) is 24.7 Å². The smallest absolute Gasteiger partial charge is 0.282 e. The minimum atomic E-state index is -4.19. The van der Waals surface area contributed by atoms with Gasteiger partial charge in [-0.05, 0) is 30.2 Å². The van der Waals surface area contributed by atoms with Gasteiger partial charge >= 0.3 is 0 Å². The minimum absolute atomic E-state index is 0.144. The zero-order valence-corrected chi connectivity index (χ0v) is 14.5. The van der Waals surface area contributed by atoms with Gasteiger partial charge in [-0.2, -0.15) is 8.42 Å². The molecule has 2 aromatic carbocycles. The molecule has 0 unspecified atom stereocenters. The molecule has 120 valence electrons. The molecule has 0 fully saturated rings. The summed E-state index contributed by atoms with van der Waals surface area (Å²) in [6.07, 6.45) is 2.37. The van der Waals surface area contributed by atoms with Crippen molar-refractivity contribution in [1.82, 2.24) is 0 Å². The van der Waals surface area contributed by atoms with Gasteiger partial charge in [0.05, 0.1) is 4.90 Å². The van der Waals surface area contributed by atoms with Crippen molar-refractivity contribution < 1.29 is 13.0 Å². The summed E-state index contributed by atoms with van der Waals surface area (Å²) in [4.78, 5) is -0.144. The summed E-state index contributed by atoms with van der Waals surface area (Å²) in [5.41, 5.74) is 1.37. The zero-order valence-electron chi connectivity index (χ0n) is 12.2. The molecule has 0 saturated carbocycles. The molecular weight excluding hydrogens is 343 g/mol. The van der Waals surface area contributed by atoms with Crippen molar-refractivity contribution >= 4 is 33.3 Å². The van der Waals surface area contributed by atoms with Gasteiger partial charge in [-0.3, -0.25) is 4.55 Å². The average Bonchev–Trinajstić information content (AvgIpc) is 2.48. The van der Waals surface area contributed by atoms with E-state index in [1.807, 2.05) is 0 Å². The van der Waals surface area contributed by atoms with E-state index in [-0.39, 0.29) is 4.90 Å². The van der Waals surface area contributed by atoms with E-state index in [1.165, 1.54) is 18.6 Å². The molecule has 0 aliphatic rings. The molecule has 6 heteroatoms. The van der Waals surface area contributed by atoms with Gasteiger partial charge in [0.15, 0.2) is 0 Å². The maximum absolute atomic E-state index is 11.0. The summed E-state index contributed by atoms with van der Waals surface area (Å²) >= 11 is 11.3. The summed E-state index contributed by atoms with van der Waals surface area (Å²) in [6, 6.07) is 13.1. The second kappa shape index (κ2) is 9.16. The SMILES string of the molecule is CCCCCl.O=S(=O)(O)c1cccc(-c2ccccc2Cl)c1. The first-order valence-corrected chi connectivity index (χ1v) is 9.13. The fourth-order valence-corrected chi connectivity index (χ4v) is 2.69. The van der Waals surface area contributed by atoms with Gasteiger partial charge < -0.3 is 0 Å². The Morgan fingerprint density at radius 2 is 1.77 bits per heavy atom. The Bertz CT molecular complexity index is 698. The van der Waals surface area contributed by atoms with Crippen LogP contribution in [0.1, 0.15) is 19.8 Å². The topological polar surface area (TPSA) is 54.4 Å². The van der Waals surface area contributed by atoms with E-state index < -0.39 is 10.1 Å². The molecule has 22 heavy (non-hydrogen) atoms. The molecule has 0 aromatic heterocycles. The molecule has 1 N–H and O–H groups in total. The standard InChI is InChI=1S/C12H9ClO3S.C4H9Cl/c13-12-7-2-1-6-11(12)9-4-3-5-10(8-9)17(14,15)16;1-2-3-4-5/h1-8H,(H,14,15,16);2-4H2,1H3. The van der Waals surface area contributed by atoms with Crippen LogP contribution >= 0.6 is 23.2 Å². The Balaban J connectivity index is 0.000000422. The van der Waals surface area contributed by atoms with Crippen LogP contribution in [0.3, 0.4) is 0 Å². The third-order valence-corrected chi connectivity index (χ3v) is 4.25. The number of halogens is 2. The third-order valence-electron chi connectivity index (χ3n) is 2.80. The summed E-state index contributed by atoms with van der Waals surface area (Å²) in [5, 5.41) is 0.528. The first-order chi connectivity index (χ1) is 10.4. The highest BCUT2D eigenvalue weighted by Crippen LogP contribution is 2.28. The van der Waals surface area contributed by atoms with Crippen molar-refractivity contribution in [2.24, 2.45) is 0 Å². The van der Waals surface area contributed by atoms with Crippen molar-refractivity contribution in [3.8, 4) is 11.1 Å². The van der Waals surface area contributed by atoms with Gasteiger partial charge in [0, 0.05) is 16.5 Å². The quantitative estimate of drug-likeness (QED) is 0.595. The van der Waals surface area contributed by atoms with E-state index in [4.69, 9.17) is 27.8 Å². The number of hydrogen-bond acceptors (Lipinski definition) is 2. The Hall–Kier alpha value is -1.07. The lowest BCUT2D eigenvalue weighted by molar-refractivity contribution is 0.483. The van der Waals surface area contributed by atoms with Crippen molar-refractivity contribution in [3.05, 3.63) is 53.6 Å². The molecule has 2 rings (SSSR count). The summed E-state index contributed by atoms with van der Waals surface area (Å²) in [7, 11) is -4.19. The monoisotopic (exact) mass is 360 g/mol. The van der Waals surface area contributed by atoms with Gasteiger partial charge in [-0.1, -0.05) is 55.3 Å². The molecule has 3 nitrogen and oxygen atoms in total. The van der Waals surface area contributed by atoms with Crippen LogP contribution in [0.2, 0.25) is 5.02 Å². The second-order valence-electron chi connectivity index (χ2n) is 4.53. The van der Waals surface area contributed by atoms with Gasteiger partial charge in [0.25, 0.3) is 10.1 Å². The van der Waals surface area contributed by atoms with Gasteiger partial charge in [-0.25, -0.2) is 0 Å². The normalized spacial score (nSPS) is 10.7. The van der Waals surface area contributed by atoms with Crippen LogP contribution in [-0.2, 0) is 10.1 Å². The number of unbranched alkanes of at least 4 members (excludes halogenated alkanes) is 1.